The Balaban J connectivity index is 1.41. The fourth-order valence-corrected chi connectivity index (χ4v) is 4.83. The van der Waals surface area contributed by atoms with Gasteiger partial charge in [0.2, 0.25) is 5.91 Å². The second-order valence-corrected chi connectivity index (χ2v) is 8.71. The van der Waals surface area contributed by atoms with Crippen molar-refractivity contribution in [2.45, 2.75) is 70.5 Å². The summed E-state index contributed by atoms with van der Waals surface area (Å²) in [6, 6.07) is 1.16. The van der Waals surface area contributed by atoms with Crippen LogP contribution in [0.4, 0.5) is 0 Å². The van der Waals surface area contributed by atoms with Crippen LogP contribution in [0, 0.1) is 5.92 Å². The molecule has 2 aliphatic heterocycles. The maximum atomic E-state index is 12.8. The number of carbonyl (C=O) groups excluding carboxylic acids is 1. The number of guanidine groups is 1. The fourth-order valence-electron chi connectivity index (χ4n) is 4.83. The van der Waals surface area contributed by atoms with Gasteiger partial charge in [0.15, 0.2) is 5.96 Å². The number of carbonyl (C=O) groups is 1. The molecule has 3 aliphatic rings. The van der Waals surface area contributed by atoms with Crippen molar-refractivity contribution in [1.29, 1.82) is 0 Å². The quantitative estimate of drug-likeness (QED) is 0.546. The van der Waals surface area contributed by atoms with E-state index in [2.05, 4.69) is 39.3 Å². The van der Waals surface area contributed by atoms with Crippen LogP contribution in [0.15, 0.2) is 4.99 Å². The Morgan fingerprint density at radius 2 is 2.00 bits per heavy atom. The number of ether oxygens (including phenoxy) is 1. The number of aliphatic imine (C=N–C) groups is 1. The number of rotatable bonds is 5. The Labute approximate surface area is 170 Å². The molecule has 7 heteroatoms. The van der Waals surface area contributed by atoms with Crippen molar-refractivity contribution in [3.8, 4) is 0 Å². The van der Waals surface area contributed by atoms with Crippen LogP contribution in [-0.4, -0.2) is 86.2 Å². The van der Waals surface area contributed by atoms with Crippen molar-refractivity contribution in [3.05, 3.63) is 0 Å². The Hall–Kier alpha value is -1.34. The van der Waals surface area contributed by atoms with Gasteiger partial charge in [-0.05, 0) is 33.1 Å². The molecule has 3 atom stereocenters. The molecule has 7 nitrogen and oxygen atoms in total. The monoisotopic (exact) mass is 393 g/mol. The summed E-state index contributed by atoms with van der Waals surface area (Å²) in [6.45, 7) is 9.59. The number of hydrogen-bond donors (Lipinski definition) is 2. The summed E-state index contributed by atoms with van der Waals surface area (Å²) in [5.74, 6) is 1.48. The Bertz CT molecular complexity index is 535. The van der Waals surface area contributed by atoms with Gasteiger partial charge in [-0.25, -0.2) is 0 Å². The summed E-state index contributed by atoms with van der Waals surface area (Å²) >= 11 is 0. The largest absolute Gasteiger partial charge is 0.379 e. The fraction of sp³-hybridized carbons (Fsp3) is 0.905. The first kappa shape index (κ1) is 21.4. The predicted molar refractivity (Wildman–Crippen MR) is 113 cm³/mol. The van der Waals surface area contributed by atoms with Crippen LogP contribution in [0.25, 0.3) is 0 Å². The van der Waals surface area contributed by atoms with Gasteiger partial charge >= 0.3 is 0 Å². The van der Waals surface area contributed by atoms with E-state index in [0.29, 0.717) is 18.0 Å². The molecule has 3 fully saturated rings. The van der Waals surface area contributed by atoms with E-state index in [1.54, 1.807) is 0 Å². The lowest BCUT2D eigenvalue weighted by Crippen LogP contribution is -2.54. The second kappa shape index (κ2) is 10.4. The average molecular weight is 394 g/mol. The lowest BCUT2D eigenvalue weighted by molar-refractivity contribution is -0.135. The van der Waals surface area contributed by atoms with Crippen molar-refractivity contribution in [1.82, 2.24) is 20.4 Å². The van der Waals surface area contributed by atoms with Crippen LogP contribution >= 0.6 is 0 Å². The average Bonchev–Trinajstić information content (AvgIpc) is 3.19. The van der Waals surface area contributed by atoms with E-state index in [-0.39, 0.29) is 12.0 Å². The van der Waals surface area contributed by atoms with Crippen LogP contribution in [0.2, 0.25) is 0 Å². The first-order valence-electron chi connectivity index (χ1n) is 11.2. The molecule has 0 aromatic rings. The molecule has 0 aromatic carbocycles. The smallest absolute Gasteiger partial charge is 0.225 e. The van der Waals surface area contributed by atoms with Gasteiger partial charge in [-0.15, -0.1) is 0 Å². The zero-order valence-electron chi connectivity index (χ0n) is 18.0. The Morgan fingerprint density at radius 1 is 1.21 bits per heavy atom. The highest BCUT2D eigenvalue weighted by atomic mass is 16.5. The van der Waals surface area contributed by atoms with Crippen LogP contribution in [0.1, 0.15) is 52.4 Å². The molecule has 2 saturated heterocycles. The molecule has 2 N–H and O–H groups in total. The number of nitrogens with zero attached hydrogens (tertiary/aromatic N) is 3. The van der Waals surface area contributed by atoms with Gasteiger partial charge in [0.05, 0.1) is 13.2 Å². The minimum Gasteiger partial charge on any atom is -0.379 e. The van der Waals surface area contributed by atoms with E-state index < -0.39 is 0 Å². The molecule has 3 unspecified atom stereocenters. The molecule has 1 amide bonds. The van der Waals surface area contributed by atoms with Gasteiger partial charge in [0.25, 0.3) is 0 Å². The highest BCUT2D eigenvalue weighted by Crippen LogP contribution is 2.26. The summed E-state index contributed by atoms with van der Waals surface area (Å²) in [7, 11) is 1.82. The molecule has 160 valence electrons. The van der Waals surface area contributed by atoms with E-state index in [0.717, 1.165) is 64.6 Å². The summed E-state index contributed by atoms with van der Waals surface area (Å²) in [4.78, 5) is 21.7. The van der Waals surface area contributed by atoms with E-state index in [1.807, 2.05) is 7.05 Å². The summed E-state index contributed by atoms with van der Waals surface area (Å²) in [5, 5.41) is 7.00. The van der Waals surface area contributed by atoms with Crippen molar-refractivity contribution in [2.24, 2.45) is 10.9 Å². The third kappa shape index (κ3) is 5.60. The number of likely N-dealkylation sites (tertiary alicyclic amines) is 1. The Morgan fingerprint density at radius 3 is 2.71 bits per heavy atom. The minimum atomic E-state index is 0.265. The molecule has 0 bridgehead atoms. The summed E-state index contributed by atoms with van der Waals surface area (Å²) in [6.07, 6.45) is 6.86. The summed E-state index contributed by atoms with van der Waals surface area (Å²) in [5.41, 5.74) is 0. The van der Waals surface area contributed by atoms with E-state index >= 15 is 0 Å². The van der Waals surface area contributed by atoms with Crippen molar-refractivity contribution in [2.75, 3.05) is 46.4 Å². The number of morpholine rings is 1. The minimum absolute atomic E-state index is 0.265. The molecular formula is C21H39N5O2. The molecule has 1 aliphatic carbocycles. The maximum Gasteiger partial charge on any atom is 0.225 e. The van der Waals surface area contributed by atoms with Crippen LogP contribution in [-0.2, 0) is 9.53 Å². The first-order chi connectivity index (χ1) is 13.6. The molecule has 0 radical (unpaired) electrons. The lowest BCUT2D eigenvalue weighted by Gasteiger charge is -2.38. The van der Waals surface area contributed by atoms with Gasteiger partial charge in [0, 0.05) is 57.3 Å². The SMILES string of the molecule is CN=C(NCC(C)N1CCOCC1C)NC1CCN(C(=O)C2CCCCC2)C1. The molecule has 0 aromatic heterocycles. The lowest BCUT2D eigenvalue weighted by atomic mass is 9.88. The second-order valence-electron chi connectivity index (χ2n) is 8.71. The van der Waals surface area contributed by atoms with Gasteiger partial charge in [0.1, 0.15) is 0 Å². The maximum absolute atomic E-state index is 12.8. The Kier molecular flexibility index (Phi) is 7.97. The molecule has 28 heavy (non-hydrogen) atoms. The molecular weight excluding hydrogens is 354 g/mol. The highest BCUT2D eigenvalue weighted by molar-refractivity contribution is 5.81. The molecule has 1 saturated carbocycles. The normalized spacial score (nSPS) is 29.0. The highest BCUT2D eigenvalue weighted by Gasteiger charge is 2.32. The number of amides is 1. The van der Waals surface area contributed by atoms with Crippen molar-refractivity contribution < 1.29 is 9.53 Å². The third-order valence-corrected chi connectivity index (χ3v) is 6.57. The van der Waals surface area contributed by atoms with Gasteiger partial charge < -0.3 is 20.3 Å². The molecule has 3 rings (SSSR count). The summed E-state index contributed by atoms with van der Waals surface area (Å²) < 4.78 is 5.54. The van der Waals surface area contributed by atoms with Crippen molar-refractivity contribution in [3.63, 3.8) is 0 Å². The van der Waals surface area contributed by atoms with Crippen LogP contribution in [0.5, 0.6) is 0 Å². The molecule has 0 spiro atoms. The third-order valence-electron chi connectivity index (χ3n) is 6.57. The van der Waals surface area contributed by atoms with Crippen LogP contribution < -0.4 is 10.6 Å². The predicted octanol–water partition coefficient (Wildman–Crippen LogP) is 1.44. The first-order valence-corrected chi connectivity index (χ1v) is 11.2. The van der Waals surface area contributed by atoms with Crippen molar-refractivity contribution >= 4 is 11.9 Å². The topological polar surface area (TPSA) is 69.2 Å². The van der Waals surface area contributed by atoms with Gasteiger partial charge in [-0.3, -0.25) is 14.7 Å². The van der Waals surface area contributed by atoms with Gasteiger partial charge in [-0.2, -0.15) is 0 Å². The van der Waals surface area contributed by atoms with E-state index in [9.17, 15) is 4.79 Å². The molecule has 2 heterocycles. The van der Waals surface area contributed by atoms with Crippen LogP contribution in [0.3, 0.4) is 0 Å². The zero-order chi connectivity index (χ0) is 19.9. The van der Waals surface area contributed by atoms with E-state index in [4.69, 9.17) is 4.74 Å². The number of nitrogens with one attached hydrogen (secondary N) is 2. The van der Waals surface area contributed by atoms with E-state index in [1.165, 1.54) is 19.3 Å². The number of hydrogen-bond acceptors (Lipinski definition) is 4. The van der Waals surface area contributed by atoms with Gasteiger partial charge in [-0.1, -0.05) is 19.3 Å². The zero-order valence-corrected chi connectivity index (χ0v) is 18.0. The standard InChI is InChI=1S/C21H39N5O2/c1-16(26-11-12-28-15-17(26)2)13-23-21(22-3)24-19-9-10-25(14-19)20(27)18-7-5-4-6-8-18/h16-19H,4-15H2,1-3H3,(H2,22,23,24).